The minimum atomic E-state index is -4.96. The molecule has 1 amide bonds. The molecular formula is C16H7BrF6N2O2. The second kappa shape index (κ2) is 7.87. The molecule has 27 heavy (non-hydrogen) atoms. The molecule has 0 aliphatic rings. The molecule has 0 atom stereocenters. The molecule has 0 heterocycles. The molecule has 1 N–H and O–H groups in total. The maximum absolute atomic E-state index is 13.9. The molecule has 4 nitrogen and oxygen atoms in total. The van der Waals surface area contributed by atoms with Gasteiger partial charge in [0.2, 0.25) is 5.91 Å². The highest BCUT2D eigenvalue weighted by Gasteiger charge is 2.33. The van der Waals surface area contributed by atoms with Crippen LogP contribution in [-0.4, -0.2) is 5.91 Å². The van der Waals surface area contributed by atoms with E-state index in [2.05, 4.69) is 15.9 Å². The van der Waals surface area contributed by atoms with Crippen molar-refractivity contribution in [2.75, 3.05) is 5.32 Å². The highest BCUT2D eigenvalue weighted by Crippen LogP contribution is 2.38. The number of nitrogens with zero attached hydrogens (tertiary/aromatic N) is 1. The van der Waals surface area contributed by atoms with Gasteiger partial charge in [-0.1, -0.05) is 0 Å². The fourth-order valence-corrected chi connectivity index (χ4v) is 2.30. The van der Waals surface area contributed by atoms with Gasteiger partial charge in [0.1, 0.15) is 18.0 Å². The van der Waals surface area contributed by atoms with E-state index in [1.165, 1.54) is 6.07 Å². The van der Waals surface area contributed by atoms with Gasteiger partial charge in [0.25, 0.3) is 0 Å². The molecule has 2 aromatic carbocycles. The van der Waals surface area contributed by atoms with Crippen LogP contribution >= 0.6 is 15.9 Å². The summed E-state index contributed by atoms with van der Waals surface area (Å²) >= 11 is 2.88. The summed E-state index contributed by atoms with van der Waals surface area (Å²) in [6.45, 7) is 0. The third kappa shape index (κ3) is 4.91. The number of anilines is 1. The lowest BCUT2D eigenvalue weighted by Crippen LogP contribution is -2.11. The molecule has 0 fully saturated rings. The second-order valence-corrected chi connectivity index (χ2v) is 5.87. The number of carbonyl (C=O) groups is 1. The van der Waals surface area contributed by atoms with E-state index >= 15 is 0 Å². The van der Waals surface area contributed by atoms with Crippen LogP contribution in [-0.2, 0) is 11.0 Å². The van der Waals surface area contributed by atoms with E-state index in [0.717, 1.165) is 12.1 Å². The molecule has 0 aromatic heterocycles. The van der Waals surface area contributed by atoms with Crippen molar-refractivity contribution in [3.05, 3.63) is 51.8 Å². The Labute approximate surface area is 156 Å². The van der Waals surface area contributed by atoms with Crippen LogP contribution in [0.25, 0.3) is 0 Å². The highest BCUT2D eigenvalue weighted by atomic mass is 79.9. The molecule has 142 valence electrons. The zero-order chi connectivity index (χ0) is 20.4. The highest BCUT2D eigenvalue weighted by molar-refractivity contribution is 9.10. The SMILES string of the molecule is N#CCC(=O)Nc1cc(Oc2c(F)cc(C(F)(F)F)cc2F)c(Br)cc1F. The predicted molar refractivity (Wildman–Crippen MR) is 84.4 cm³/mol. The van der Waals surface area contributed by atoms with E-state index in [-0.39, 0.29) is 22.4 Å². The molecule has 11 heteroatoms. The number of carbonyl (C=O) groups excluding carboxylic acids is 1. The Balaban J connectivity index is 2.40. The average Bonchev–Trinajstić information content (AvgIpc) is 2.53. The lowest BCUT2D eigenvalue weighted by Gasteiger charge is -2.14. The van der Waals surface area contributed by atoms with Gasteiger partial charge in [-0.2, -0.15) is 18.4 Å². The Bertz CT molecular complexity index is 917. The normalized spacial score (nSPS) is 11.0. The van der Waals surface area contributed by atoms with Gasteiger partial charge in [-0.15, -0.1) is 0 Å². The third-order valence-electron chi connectivity index (χ3n) is 3.07. The molecule has 0 unspecified atom stereocenters. The summed E-state index contributed by atoms with van der Waals surface area (Å²) in [4.78, 5) is 11.4. The summed E-state index contributed by atoms with van der Waals surface area (Å²) in [5, 5.41) is 10.5. The Kier molecular flexibility index (Phi) is 6.00. The Morgan fingerprint density at radius 3 is 2.22 bits per heavy atom. The fourth-order valence-electron chi connectivity index (χ4n) is 1.90. The smallest absolute Gasteiger partial charge is 0.416 e. The summed E-state index contributed by atoms with van der Waals surface area (Å²) < 4.78 is 84.1. The molecule has 0 aliphatic heterocycles. The van der Waals surface area contributed by atoms with Crippen molar-refractivity contribution in [1.82, 2.24) is 0 Å². The van der Waals surface area contributed by atoms with E-state index in [4.69, 9.17) is 10.00 Å². The summed E-state index contributed by atoms with van der Waals surface area (Å²) in [5.74, 6) is -6.60. The molecule has 0 saturated carbocycles. The van der Waals surface area contributed by atoms with E-state index in [0.29, 0.717) is 0 Å². The first-order valence-corrected chi connectivity index (χ1v) is 7.72. The number of hydrogen-bond acceptors (Lipinski definition) is 3. The Morgan fingerprint density at radius 2 is 1.70 bits per heavy atom. The van der Waals surface area contributed by atoms with Crippen LogP contribution in [0, 0.1) is 28.8 Å². The summed E-state index contributed by atoms with van der Waals surface area (Å²) in [6.07, 6.45) is -5.54. The molecule has 0 saturated heterocycles. The molecule has 0 bridgehead atoms. The first kappa shape index (κ1) is 20.6. The van der Waals surface area contributed by atoms with Crippen LogP contribution in [0.5, 0.6) is 11.5 Å². The van der Waals surface area contributed by atoms with Crippen molar-refractivity contribution >= 4 is 27.5 Å². The standard InChI is InChI=1S/C16H7BrF6N2O2/c17-8-5-9(18)12(25-14(26)1-2-24)6-13(8)27-15-10(19)3-7(4-11(15)20)16(21,22)23/h3-6H,1H2,(H,25,26). The van der Waals surface area contributed by atoms with Gasteiger partial charge in [-0.25, -0.2) is 13.2 Å². The number of rotatable bonds is 4. The van der Waals surface area contributed by atoms with Gasteiger partial charge in [0, 0.05) is 6.07 Å². The van der Waals surface area contributed by atoms with E-state index in [1.54, 1.807) is 0 Å². The number of amides is 1. The Hall–Kier alpha value is -2.74. The number of nitriles is 1. The molecule has 2 rings (SSSR count). The lowest BCUT2D eigenvalue weighted by atomic mass is 10.2. The third-order valence-corrected chi connectivity index (χ3v) is 3.69. The van der Waals surface area contributed by atoms with Gasteiger partial charge in [-0.3, -0.25) is 4.79 Å². The summed E-state index contributed by atoms with van der Waals surface area (Å²) in [6, 6.07) is 3.29. The molecule has 0 spiro atoms. The van der Waals surface area contributed by atoms with Gasteiger partial charge in [-0.05, 0) is 34.1 Å². The molecule has 0 aliphatic carbocycles. The predicted octanol–water partition coefficient (Wildman–Crippen LogP) is 5.53. The average molecular weight is 453 g/mol. The van der Waals surface area contributed by atoms with Gasteiger partial charge < -0.3 is 10.1 Å². The number of benzene rings is 2. The van der Waals surface area contributed by atoms with Gasteiger partial charge >= 0.3 is 6.18 Å². The van der Waals surface area contributed by atoms with Crippen molar-refractivity contribution in [2.24, 2.45) is 0 Å². The monoisotopic (exact) mass is 452 g/mol. The fraction of sp³-hybridized carbons (Fsp3) is 0.125. The number of nitrogens with one attached hydrogen (secondary N) is 1. The van der Waals surface area contributed by atoms with Gasteiger partial charge in [0.15, 0.2) is 17.4 Å². The number of alkyl halides is 3. The van der Waals surface area contributed by atoms with Crippen molar-refractivity contribution in [1.29, 1.82) is 5.26 Å². The van der Waals surface area contributed by atoms with E-state index in [9.17, 15) is 31.1 Å². The minimum absolute atomic E-state index is 0.0471. The van der Waals surface area contributed by atoms with Gasteiger partial charge in [0.05, 0.1) is 21.8 Å². The molecule has 0 radical (unpaired) electrons. The maximum Gasteiger partial charge on any atom is 0.416 e. The molecular weight excluding hydrogens is 446 g/mol. The van der Waals surface area contributed by atoms with Crippen molar-refractivity contribution in [3.63, 3.8) is 0 Å². The van der Waals surface area contributed by atoms with Crippen LogP contribution in [0.3, 0.4) is 0 Å². The van der Waals surface area contributed by atoms with Crippen molar-refractivity contribution in [2.45, 2.75) is 12.6 Å². The van der Waals surface area contributed by atoms with Crippen molar-refractivity contribution in [3.8, 4) is 17.6 Å². The largest absolute Gasteiger partial charge is 0.450 e. The van der Waals surface area contributed by atoms with E-state index in [1.807, 2.05) is 5.32 Å². The van der Waals surface area contributed by atoms with Crippen LogP contribution in [0.1, 0.15) is 12.0 Å². The van der Waals surface area contributed by atoms with Crippen LogP contribution in [0.2, 0.25) is 0 Å². The second-order valence-electron chi connectivity index (χ2n) is 5.01. The lowest BCUT2D eigenvalue weighted by molar-refractivity contribution is -0.138. The van der Waals surface area contributed by atoms with Crippen LogP contribution < -0.4 is 10.1 Å². The zero-order valence-corrected chi connectivity index (χ0v) is 14.5. The topological polar surface area (TPSA) is 62.1 Å². The number of hydrogen-bond donors (Lipinski definition) is 1. The van der Waals surface area contributed by atoms with E-state index < -0.39 is 53.0 Å². The first-order chi connectivity index (χ1) is 12.5. The molecule has 2 aromatic rings. The zero-order valence-electron chi connectivity index (χ0n) is 12.9. The Morgan fingerprint density at radius 1 is 1.11 bits per heavy atom. The maximum atomic E-state index is 13.9. The van der Waals surface area contributed by atoms with Crippen molar-refractivity contribution < 1.29 is 35.9 Å². The number of halogens is 7. The quantitative estimate of drug-likeness (QED) is 0.620. The summed E-state index contributed by atoms with van der Waals surface area (Å²) in [5.41, 5.74) is -2.01. The first-order valence-electron chi connectivity index (χ1n) is 6.93. The summed E-state index contributed by atoms with van der Waals surface area (Å²) in [7, 11) is 0. The number of ether oxygens (including phenoxy) is 1. The van der Waals surface area contributed by atoms with Crippen LogP contribution in [0.4, 0.5) is 32.0 Å². The minimum Gasteiger partial charge on any atom is -0.450 e. The van der Waals surface area contributed by atoms with Crippen LogP contribution in [0.15, 0.2) is 28.7 Å².